The zero-order valence-corrected chi connectivity index (χ0v) is 13.0. The third-order valence-corrected chi connectivity index (χ3v) is 3.86. The van der Waals surface area contributed by atoms with Gasteiger partial charge in [-0.15, -0.1) is 0 Å². The Labute approximate surface area is 130 Å². The zero-order chi connectivity index (χ0) is 16.2. The van der Waals surface area contributed by atoms with Crippen LogP contribution in [0, 0.1) is 0 Å². The molecule has 0 saturated carbocycles. The van der Waals surface area contributed by atoms with Crippen LogP contribution < -0.4 is 5.32 Å². The molecule has 22 heavy (non-hydrogen) atoms. The molecular weight excluding hydrogens is 278 g/mol. The minimum absolute atomic E-state index is 0.0251. The highest BCUT2D eigenvalue weighted by atomic mass is 16.3. The first-order chi connectivity index (χ1) is 10.4. The van der Waals surface area contributed by atoms with Crippen molar-refractivity contribution in [3.05, 3.63) is 48.0 Å². The van der Waals surface area contributed by atoms with Gasteiger partial charge in [0, 0.05) is 6.61 Å². The Morgan fingerprint density at radius 3 is 2.64 bits per heavy atom. The summed E-state index contributed by atoms with van der Waals surface area (Å²) in [6, 6.07) is 13.9. The van der Waals surface area contributed by atoms with E-state index in [1.807, 2.05) is 49.4 Å². The number of benzene rings is 2. The lowest BCUT2D eigenvalue weighted by Gasteiger charge is -2.23. The summed E-state index contributed by atoms with van der Waals surface area (Å²) in [5, 5.41) is 24.1. The van der Waals surface area contributed by atoms with E-state index >= 15 is 0 Å². The van der Waals surface area contributed by atoms with Crippen LogP contribution in [0.4, 0.5) is 0 Å². The second-order valence-corrected chi connectivity index (χ2v) is 6.00. The minimum atomic E-state index is -1.18. The zero-order valence-electron chi connectivity index (χ0n) is 13.0. The number of aliphatic hydroxyl groups excluding tert-OH is 1. The average Bonchev–Trinajstić information content (AvgIpc) is 2.45. The molecule has 3 N–H and O–H groups in total. The molecule has 4 nitrogen and oxygen atoms in total. The van der Waals surface area contributed by atoms with Gasteiger partial charge in [0.2, 0.25) is 5.91 Å². The van der Waals surface area contributed by atoms with E-state index < -0.39 is 5.60 Å². The van der Waals surface area contributed by atoms with Gasteiger partial charge in [0.05, 0.1) is 18.1 Å². The summed E-state index contributed by atoms with van der Waals surface area (Å²) >= 11 is 0. The summed E-state index contributed by atoms with van der Waals surface area (Å²) in [6.45, 7) is 3.35. The molecule has 1 amide bonds. The Balaban J connectivity index is 2.11. The van der Waals surface area contributed by atoms with Crippen molar-refractivity contribution in [1.82, 2.24) is 5.32 Å². The van der Waals surface area contributed by atoms with Gasteiger partial charge >= 0.3 is 0 Å². The van der Waals surface area contributed by atoms with Crippen molar-refractivity contribution in [1.29, 1.82) is 0 Å². The molecule has 0 aromatic heterocycles. The van der Waals surface area contributed by atoms with Crippen LogP contribution in [0.25, 0.3) is 10.8 Å². The van der Waals surface area contributed by atoms with E-state index in [1.54, 1.807) is 6.92 Å². The molecule has 0 unspecified atom stereocenters. The molecule has 0 aliphatic carbocycles. The Hall–Kier alpha value is -1.91. The first-order valence-corrected chi connectivity index (χ1v) is 7.53. The van der Waals surface area contributed by atoms with Crippen molar-refractivity contribution < 1.29 is 15.0 Å². The SMILES string of the molecule is C[C@@H](NC(=O)C[C@@](C)(O)CCO)c1cccc2ccccc12. The highest BCUT2D eigenvalue weighted by Crippen LogP contribution is 2.24. The van der Waals surface area contributed by atoms with Gasteiger partial charge in [-0.05, 0) is 36.6 Å². The van der Waals surface area contributed by atoms with E-state index in [-0.39, 0.29) is 31.4 Å². The van der Waals surface area contributed by atoms with Crippen LogP contribution in [0.1, 0.15) is 38.3 Å². The van der Waals surface area contributed by atoms with E-state index in [1.165, 1.54) is 0 Å². The second kappa shape index (κ2) is 6.90. The smallest absolute Gasteiger partial charge is 0.223 e. The number of carbonyl (C=O) groups is 1. The van der Waals surface area contributed by atoms with Crippen molar-refractivity contribution in [2.45, 2.75) is 38.3 Å². The first-order valence-electron chi connectivity index (χ1n) is 7.53. The van der Waals surface area contributed by atoms with Gasteiger partial charge in [0.25, 0.3) is 0 Å². The molecule has 0 aliphatic heterocycles. The molecule has 2 rings (SSSR count). The van der Waals surface area contributed by atoms with Crippen molar-refractivity contribution in [2.24, 2.45) is 0 Å². The molecule has 0 aliphatic rings. The van der Waals surface area contributed by atoms with Gasteiger partial charge in [-0.2, -0.15) is 0 Å². The number of hydrogen-bond donors (Lipinski definition) is 3. The van der Waals surface area contributed by atoms with Gasteiger partial charge in [0.15, 0.2) is 0 Å². The number of aliphatic hydroxyl groups is 2. The lowest BCUT2D eigenvalue weighted by atomic mass is 9.96. The summed E-state index contributed by atoms with van der Waals surface area (Å²) < 4.78 is 0. The summed E-state index contributed by atoms with van der Waals surface area (Å²) in [6.07, 6.45) is 0.158. The van der Waals surface area contributed by atoms with E-state index in [4.69, 9.17) is 5.11 Å². The number of fused-ring (bicyclic) bond motifs is 1. The normalized spacial score (nSPS) is 15.3. The molecular formula is C18H23NO3. The molecule has 2 aromatic carbocycles. The molecule has 0 fully saturated rings. The molecule has 0 heterocycles. The largest absolute Gasteiger partial charge is 0.396 e. The molecule has 118 valence electrons. The van der Waals surface area contributed by atoms with Gasteiger partial charge < -0.3 is 15.5 Å². The Morgan fingerprint density at radius 2 is 1.91 bits per heavy atom. The van der Waals surface area contributed by atoms with Crippen molar-refractivity contribution in [3.63, 3.8) is 0 Å². The van der Waals surface area contributed by atoms with Crippen LogP contribution in [0.5, 0.6) is 0 Å². The quantitative estimate of drug-likeness (QED) is 0.768. The fourth-order valence-corrected chi connectivity index (χ4v) is 2.67. The van der Waals surface area contributed by atoms with Gasteiger partial charge in [0.1, 0.15) is 0 Å². The predicted molar refractivity (Wildman–Crippen MR) is 87.4 cm³/mol. The van der Waals surface area contributed by atoms with Crippen LogP contribution in [-0.4, -0.2) is 28.3 Å². The van der Waals surface area contributed by atoms with Crippen LogP contribution in [0.15, 0.2) is 42.5 Å². The molecule has 4 heteroatoms. The summed E-state index contributed by atoms with van der Waals surface area (Å²) in [4.78, 5) is 12.1. The highest BCUT2D eigenvalue weighted by molar-refractivity contribution is 5.87. The Morgan fingerprint density at radius 1 is 1.23 bits per heavy atom. The average molecular weight is 301 g/mol. The summed E-state index contributed by atoms with van der Waals surface area (Å²) in [5.74, 6) is -0.223. The third-order valence-electron chi connectivity index (χ3n) is 3.86. The fraction of sp³-hybridized carbons (Fsp3) is 0.389. The molecule has 0 spiro atoms. The first kappa shape index (κ1) is 16.5. The topological polar surface area (TPSA) is 69.6 Å². The highest BCUT2D eigenvalue weighted by Gasteiger charge is 2.24. The van der Waals surface area contributed by atoms with Crippen LogP contribution in [-0.2, 0) is 4.79 Å². The minimum Gasteiger partial charge on any atom is -0.396 e. The maximum absolute atomic E-state index is 12.1. The van der Waals surface area contributed by atoms with Gasteiger partial charge in [-0.25, -0.2) is 0 Å². The maximum atomic E-state index is 12.1. The number of hydrogen-bond acceptors (Lipinski definition) is 3. The fourth-order valence-electron chi connectivity index (χ4n) is 2.67. The number of carbonyl (C=O) groups excluding carboxylic acids is 1. The van der Waals surface area contributed by atoms with Crippen LogP contribution >= 0.6 is 0 Å². The van der Waals surface area contributed by atoms with Gasteiger partial charge in [-0.1, -0.05) is 42.5 Å². The Kier molecular flexibility index (Phi) is 5.16. The third kappa shape index (κ3) is 4.06. The number of rotatable bonds is 6. The molecule has 0 radical (unpaired) electrons. The maximum Gasteiger partial charge on any atom is 0.223 e. The lowest BCUT2D eigenvalue weighted by Crippen LogP contribution is -2.36. The van der Waals surface area contributed by atoms with E-state index in [0.717, 1.165) is 16.3 Å². The second-order valence-electron chi connectivity index (χ2n) is 6.00. The van der Waals surface area contributed by atoms with Crippen molar-refractivity contribution in [3.8, 4) is 0 Å². The standard InChI is InChI=1S/C18H23NO3/c1-13(19-17(21)12-18(2,22)10-11-20)15-9-5-7-14-6-3-4-8-16(14)15/h3-9,13,20,22H,10-12H2,1-2H3,(H,19,21)/t13-,18+/m1/s1. The molecule has 0 bridgehead atoms. The van der Waals surface area contributed by atoms with Crippen molar-refractivity contribution in [2.75, 3.05) is 6.61 Å². The molecule has 2 atom stereocenters. The lowest BCUT2D eigenvalue weighted by molar-refractivity contribution is -0.126. The van der Waals surface area contributed by atoms with Gasteiger partial charge in [-0.3, -0.25) is 4.79 Å². The Bertz CT molecular complexity index is 646. The van der Waals surface area contributed by atoms with E-state index in [2.05, 4.69) is 5.32 Å². The monoisotopic (exact) mass is 301 g/mol. The van der Waals surface area contributed by atoms with Crippen LogP contribution in [0.3, 0.4) is 0 Å². The van der Waals surface area contributed by atoms with E-state index in [0.29, 0.717) is 0 Å². The van der Waals surface area contributed by atoms with E-state index in [9.17, 15) is 9.90 Å². The number of nitrogens with one attached hydrogen (secondary N) is 1. The molecule has 2 aromatic rings. The summed E-state index contributed by atoms with van der Waals surface area (Å²) in [7, 11) is 0. The van der Waals surface area contributed by atoms with Crippen LogP contribution in [0.2, 0.25) is 0 Å². The number of amides is 1. The summed E-state index contributed by atoms with van der Waals surface area (Å²) in [5.41, 5.74) is -0.134. The predicted octanol–water partition coefficient (Wildman–Crippen LogP) is 2.54. The van der Waals surface area contributed by atoms with Crippen molar-refractivity contribution >= 4 is 16.7 Å². The molecule has 0 saturated heterocycles.